The lowest BCUT2D eigenvalue weighted by Crippen LogP contribution is -2.31. The van der Waals surface area contributed by atoms with Crippen LogP contribution < -0.4 is 0 Å². The van der Waals surface area contributed by atoms with Crippen LogP contribution in [0.15, 0.2) is 24.3 Å². The van der Waals surface area contributed by atoms with Crippen molar-refractivity contribution in [2.45, 2.75) is 26.2 Å². The lowest BCUT2D eigenvalue weighted by molar-refractivity contribution is -0.384. The first-order valence-corrected chi connectivity index (χ1v) is 7.06. The molecular weight excluding hydrogens is 272 g/mol. The third kappa shape index (κ3) is 3.65. The molecule has 1 heterocycles. The van der Waals surface area contributed by atoms with E-state index in [9.17, 15) is 19.7 Å². The van der Waals surface area contributed by atoms with Crippen LogP contribution in [0.1, 0.15) is 36.5 Å². The molecule has 1 saturated heterocycles. The van der Waals surface area contributed by atoms with E-state index in [2.05, 4.69) is 6.92 Å². The van der Waals surface area contributed by atoms with Gasteiger partial charge in [0.05, 0.1) is 11.5 Å². The summed E-state index contributed by atoms with van der Waals surface area (Å²) in [6.45, 7) is 2.76. The Morgan fingerprint density at radius 2 is 2.05 bits per heavy atom. The number of carbonyl (C=O) groups excluding carboxylic acids is 2. The maximum absolute atomic E-state index is 12.1. The molecule has 0 aromatic heterocycles. The van der Waals surface area contributed by atoms with Crippen LogP contribution in [0.5, 0.6) is 0 Å². The first-order chi connectivity index (χ1) is 10.0. The van der Waals surface area contributed by atoms with Crippen LogP contribution in [0.4, 0.5) is 5.69 Å². The van der Waals surface area contributed by atoms with Crippen molar-refractivity contribution >= 4 is 17.4 Å². The summed E-state index contributed by atoms with van der Waals surface area (Å²) in [5, 5.41) is 10.6. The van der Waals surface area contributed by atoms with E-state index in [-0.39, 0.29) is 23.9 Å². The van der Waals surface area contributed by atoms with Gasteiger partial charge in [-0.1, -0.05) is 13.3 Å². The SMILES string of the molecule is CCCC1CC(=O)N(CC(=O)c2ccc([N+](=O)[O-])cc2)C1. The number of carbonyl (C=O) groups is 2. The van der Waals surface area contributed by atoms with Crippen LogP contribution >= 0.6 is 0 Å². The molecule has 2 rings (SSSR count). The highest BCUT2D eigenvalue weighted by Gasteiger charge is 2.30. The van der Waals surface area contributed by atoms with Crippen molar-refractivity contribution in [1.29, 1.82) is 0 Å². The van der Waals surface area contributed by atoms with Gasteiger partial charge in [-0.2, -0.15) is 0 Å². The molecule has 21 heavy (non-hydrogen) atoms. The maximum Gasteiger partial charge on any atom is 0.269 e. The van der Waals surface area contributed by atoms with E-state index in [0.29, 0.717) is 24.4 Å². The lowest BCUT2D eigenvalue weighted by Gasteiger charge is -2.15. The second kappa shape index (κ2) is 6.47. The molecule has 0 spiro atoms. The third-order valence-corrected chi connectivity index (χ3v) is 3.73. The number of rotatable bonds is 6. The van der Waals surface area contributed by atoms with Crippen molar-refractivity contribution in [2.75, 3.05) is 13.1 Å². The van der Waals surface area contributed by atoms with Crippen molar-refractivity contribution in [2.24, 2.45) is 5.92 Å². The summed E-state index contributed by atoms with van der Waals surface area (Å²) in [5.74, 6) is 0.172. The van der Waals surface area contributed by atoms with E-state index in [1.165, 1.54) is 24.3 Å². The fraction of sp³-hybridized carbons (Fsp3) is 0.467. The van der Waals surface area contributed by atoms with Gasteiger partial charge in [0, 0.05) is 30.7 Å². The van der Waals surface area contributed by atoms with Gasteiger partial charge in [-0.3, -0.25) is 19.7 Å². The van der Waals surface area contributed by atoms with E-state index in [0.717, 1.165) is 12.8 Å². The zero-order chi connectivity index (χ0) is 15.4. The molecule has 0 radical (unpaired) electrons. The van der Waals surface area contributed by atoms with E-state index < -0.39 is 4.92 Å². The van der Waals surface area contributed by atoms with Crippen molar-refractivity contribution in [3.8, 4) is 0 Å². The highest BCUT2D eigenvalue weighted by atomic mass is 16.6. The predicted octanol–water partition coefficient (Wildman–Crippen LogP) is 2.43. The largest absolute Gasteiger partial charge is 0.335 e. The van der Waals surface area contributed by atoms with Gasteiger partial charge in [-0.15, -0.1) is 0 Å². The summed E-state index contributed by atoms with van der Waals surface area (Å²) in [6.07, 6.45) is 2.54. The highest BCUT2D eigenvalue weighted by Crippen LogP contribution is 2.22. The van der Waals surface area contributed by atoms with E-state index in [1.807, 2.05) is 0 Å². The highest BCUT2D eigenvalue weighted by molar-refractivity contribution is 5.99. The van der Waals surface area contributed by atoms with E-state index >= 15 is 0 Å². The van der Waals surface area contributed by atoms with Gasteiger partial charge < -0.3 is 4.90 Å². The molecule has 1 aliphatic rings. The summed E-state index contributed by atoms with van der Waals surface area (Å²) >= 11 is 0. The van der Waals surface area contributed by atoms with Crippen molar-refractivity contribution in [3.05, 3.63) is 39.9 Å². The van der Waals surface area contributed by atoms with Gasteiger partial charge in [-0.05, 0) is 24.5 Å². The zero-order valence-corrected chi connectivity index (χ0v) is 11.9. The van der Waals surface area contributed by atoms with Gasteiger partial charge in [0.2, 0.25) is 5.91 Å². The van der Waals surface area contributed by atoms with Crippen LogP contribution in [-0.2, 0) is 4.79 Å². The van der Waals surface area contributed by atoms with Crippen LogP contribution in [-0.4, -0.2) is 34.6 Å². The van der Waals surface area contributed by atoms with Crippen LogP contribution in [0.3, 0.4) is 0 Å². The average Bonchev–Trinajstić information content (AvgIpc) is 2.79. The molecule has 0 N–H and O–H groups in total. The summed E-state index contributed by atoms with van der Waals surface area (Å²) in [6, 6.07) is 5.48. The number of ketones is 1. The van der Waals surface area contributed by atoms with Gasteiger partial charge in [0.25, 0.3) is 5.69 Å². The normalized spacial score (nSPS) is 18.0. The molecule has 6 heteroatoms. The van der Waals surface area contributed by atoms with Crippen LogP contribution in [0.2, 0.25) is 0 Å². The van der Waals surface area contributed by atoms with E-state index in [1.54, 1.807) is 4.90 Å². The Kier molecular flexibility index (Phi) is 4.67. The monoisotopic (exact) mass is 290 g/mol. The number of nitro benzene ring substituents is 1. The fourth-order valence-electron chi connectivity index (χ4n) is 2.64. The fourth-order valence-corrected chi connectivity index (χ4v) is 2.64. The molecule has 1 amide bonds. The second-order valence-corrected chi connectivity index (χ2v) is 5.36. The van der Waals surface area contributed by atoms with Crippen molar-refractivity contribution in [3.63, 3.8) is 0 Å². The molecule has 0 saturated carbocycles. The molecule has 1 unspecified atom stereocenters. The number of benzene rings is 1. The standard InChI is InChI=1S/C15H18N2O4/c1-2-3-11-8-15(19)16(9-11)10-14(18)12-4-6-13(7-5-12)17(20)21/h4-7,11H,2-3,8-10H2,1H3. The van der Waals surface area contributed by atoms with Gasteiger partial charge in [0.15, 0.2) is 5.78 Å². The Hall–Kier alpha value is -2.24. The molecule has 0 bridgehead atoms. The Balaban J connectivity index is 1.98. The Morgan fingerprint density at radius 1 is 1.38 bits per heavy atom. The first-order valence-electron chi connectivity index (χ1n) is 7.06. The molecule has 1 fully saturated rings. The number of amides is 1. The average molecular weight is 290 g/mol. The summed E-state index contributed by atoms with van der Waals surface area (Å²) in [7, 11) is 0. The topological polar surface area (TPSA) is 80.5 Å². The van der Waals surface area contributed by atoms with Crippen LogP contribution in [0.25, 0.3) is 0 Å². The van der Waals surface area contributed by atoms with Crippen LogP contribution in [0, 0.1) is 16.0 Å². The van der Waals surface area contributed by atoms with Gasteiger partial charge in [-0.25, -0.2) is 0 Å². The molecule has 0 aliphatic carbocycles. The summed E-state index contributed by atoms with van der Waals surface area (Å²) in [5.41, 5.74) is 0.346. The number of non-ortho nitro benzene ring substituents is 1. The first kappa shape index (κ1) is 15.2. The maximum atomic E-state index is 12.1. The number of Topliss-reactive ketones (excluding diaryl/α,β-unsaturated/α-hetero) is 1. The van der Waals surface area contributed by atoms with Gasteiger partial charge in [0.1, 0.15) is 0 Å². The molecular formula is C15H18N2O4. The molecule has 6 nitrogen and oxygen atoms in total. The minimum absolute atomic E-state index is 0.0173. The summed E-state index contributed by atoms with van der Waals surface area (Å²) < 4.78 is 0. The smallest absolute Gasteiger partial charge is 0.269 e. The molecule has 1 atom stereocenters. The lowest BCUT2D eigenvalue weighted by atomic mass is 10.0. The van der Waals surface area contributed by atoms with Gasteiger partial charge >= 0.3 is 0 Å². The van der Waals surface area contributed by atoms with E-state index in [4.69, 9.17) is 0 Å². The number of hydrogen-bond acceptors (Lipinski definition) is 4. The quantitative estimate of drug-likeness (QED) is 0.458. The molecule has 1 aromatic carbocycles. The Morgan fingerprint density at radius 3 is 2.62 bits per heavy atom. The van der Waals surface area contributed by atoms with Crippen molar-refractivity contribution < 1.29 is 14.5 Å². The molecule has 112 valence electrons. The Bertz CT molecular complexity index is 553. The zero-order valence-electron chi connectivity index (χ0n) is 11.9. The third-order valence-electron chi connectivity index (χ3n) is 3.73. The number of nitro groups is 1. The minimum Gasteiger partial charge on any atom is -0.335 e. The number of likely N-dealkylation sites (tertiary alicyclic amines) is 1. The minimum atomic E-state index is -0.506. The summed E-state index contributed by atoms with van der Waals surface area (Å²) in [4.78, 5) is 35.6. The van der Waals surface area contributed by atoms with Crippen molar-refractivity contribution in [1.82, 2.24) is 4.90 Å². The molecule has 1 aromatic rings. The predicted molar refractivity (Wildman–Crippen MR) is 77.0 cm³/mol. The number of hydrogen-bond donors (Lipinski definition) is 0. The Labute approximate surface area is 122 Å². The molecule has 1 aliphatic heterocycles. The second-order valence-electron chi connectivity index (χ2n) is 5.36. The number of nitrogens with zero attached hydrogens (tertiary/aromatic N) is 2.